The third-order valence-corrected chi connectivity index (χ3v) is 3.35. The Morgan fingerprint density at radius 1 is 1.05 bits per heavy atom. The van der Waals surface area contributed by atoms with Crippen LogP contribution in [-0.4, -0.2) is 6.61 Å². The van der Waals surface area contributed by atoms with E-state index >= 15 is 0 Å². The molecular weight excluding hydrogens is 272 g/mol. The summed E-state index contributed by atoms with van der Waals surface area (Å²) in [4.78, 5) is 0. The van der Waals surface area contributed by atoms with E-state index < -0.39 is 6.61 Å². The van der Waals surface area contributed by atoms with Crippen molar-refractivity contribution in [3.63, 3.8) is 0 Å². The first-order chi connectivity index (χ1) is 10.1. The molecule has 0 aromatic heterocycles. The minimum atomic E-state index is -2.82. The number of alkyl halides is 2. The van der Waals surface area contributed by atoms with Crippen LogP contribution in [0.25, 0.3) is 0 Å². The first-order valence-electron chi connectivity index (χ1n) is 6.99. The number of rotatable bonds is 6. The second-order valence-corrected chi connectivity index (χ2v) is 4.83. The molecule has 1 unspecified atom stereocenters. The van der Waals surface area contributed by atoms with Crippen molar-refractivity contribution < 1.29 is 13.5 Å². The number of halogens is 2. The van der Waals surface area contributed by atoms with Gasteiger partial charge in [0.1, 0.15) is 5.75 Å². The summed E-state index contributed by atoms with van der Waals surface area (Å²) in [6, 6.07) is 14.8. The highest BCUT2D eigenvalue weighted by atomic mass is 19.3. The maximum atomic E-state index is 12.4. The molecule has 0 spiro atoms. The van der Waals surface area contributed by atoms with Crippen LogP contribution in [0.3, 0.4) is 0 Å². The topological polar surface area (TPSA) is 21.3 Å². The Labute approximate surface area is 123 Å². The molecule has 0 heterocycles. The molecule has 0 amide bonds. The fourth-order valence-electron chi connectivity index (χ4n) is 2.21. The minimum absolute atomic E-state index is 0.132. The van der Waals surface area contributed by atoms with Crippen LogP contribution in [0.5, 0.6) is 5.75 Å². The smallest absolute Gasteiger partial charge is 0.387 e. The summed E-state index contributed by atoms with van der Waals surface area (Å²) in [6.07, 6.45) is 0.987. The molecular formula is C17H19F2NO. The third-order valence-electron chi connectivity index (χ3n) is 3.35. The van der Waals surface area contributed by atoms with Gasteiger partial charge in [0.15, 0.2) is 0 Å². The summed E-state index contributed by atoms with van der Waals surface area (Å²) in [5, 5.41) is 3.30. The number of aryl methyl sites for hydroxylation is 1. The van der Waals surface area contributed by atoms with E-state index in [-0.39, 0.29) is 11.8 Å². The van der Waals surface area contributed by atoms with Crippen molar-refractivity contribution in [3.8, 4) is 5.75 Å². The molecule has 2 aromatic rings. The van der Waals surface area contributed by atoms with E-state index in [4.69, 9.17) is 0 Å². The fourth-order valence-corrected chi connectivity index (χ4v) is 2.21. The third kappa shape index (κ3) is 4.18. The Bertz CT molecular complexity index is 569. The maximum absolute atomic E-state index is 12.4. The molecule has 2 rings (SSSR count). The molecule has 4 heteroatoms. The number of para-hydroxylation sites is 1. The summed E-state index contributed by atoms with van der Waals surface area (Å²) < 4.78 is 29.4. The quantitative estimate of drug-likeness (QED) is 0.806. The van der Waals surface area contributed by atoms with Gasteiger partial charge in [-0.25, -0.2) is 0 Å². The molecule has 0 saturated heterocycles. The Morgan fingerprint density at radius 2 is 1.71 bits per heavy atom. The summed E-state index contributed by atoms with van der Waals surface area (Å²) in [5.74, 6) is 0.206. The maximum Gasteiger partial charge on any atom is 0.387 e. The van der Waals surface area contributed by atoms with Gasteiger partial charge in [0.2, 0.25) is 0 Å². The number of hydrogen-bond acceptors (Lipinski definition) is 2. The second kappa shape index (κ2) is 7.07. The van der Waals surface area contributed by atoms with Crippen LogP contribution in [0.4, 0.5) is 14.5 Å². The molecule has 2 aromatic carbocycles. The Balaban J connectivity index is 2.13. The van der Waals surface area contributed by atoms with Crippen LogP contribution in [0.2, 0.25) is 0 Å². The van der Waals surface area contributed by atoms with Crippen molar-refractivity contribution in [2.45, 2.75) is 32.9 Å². The van der Waals surface area contributed by atoms with Gasteiger partial charge < -0.3 is 10.1 Å². The van der Waals surface area contributed by atoms with Gasteiger partial charge in [0.05, 0.1) is 6.04 Å². The van der Waals surface area contributed by atoms with E-state index in [1.165, 1.54) is 5.56 Å². The zero-order chi connectivity index (χ0) is 15.2. The Hall–Kier alpha value is -2.10. The van der Waals surface area contributed by atoms with Crippen molar-refractivity contribution in [2.75, 3.05) is 5.32 Å². The van der Waals surface area contributed by atoms with Gasteiger partial charge in [0.25, 0.3) is 0 Å². The van der Waals surface area contributed by atoms with Crippen molar-refractivity contribution in [1.82, 2.24) is 0 Å². The Kier molecular flexibility index (Phi) is 5.14. The van der Waals surface area contributed by atoms with Crippen LogP contribution >= 0.6 is 0 Å². The average Bonchev–Trinajstić information content (AvgIpc) is 2.48. The zero-order valence-electron chi connectivity index (χ0n) is 12.1. The largest absolute Gasteiger partial charge is 0.434 e. The van der Waals surface area contributed by atoms with Gasteiger partial charge in [-0.2, -0.15) is 8.78 Å². The number of nitrogens with one attached hydrogen (secondary N) is 1. The first kappa shape index (κ1) is 15.3. The molecule has 0 fully saturated rings. The van der Waals surface area contributed by atoms with E-state index in [1.54, 1.807) is 18.2 Å². The molecule has 0 radical (unpaired) electrons. The Morgan fingerprint density at radius 3 is 2.33 bits per heavy atom. The molecule has 0 bridgehead atoms. The summed E-state index contributed by atoms with van der Waals surface area (Å²) in [6.45, 7) is 1.20. The molecule has 0 aliphatic rings. The van der Waals surface area contributed by atoms with Gasteiger partial charge in [-0.1, -0.05) is 37.3 Å². The lowest BCUT2D eigenvalue weighted by Crippen LogP contribution is -2.11. The van der Waals surface area contributed by atoms with Crippen molar-refractivity contribution >= 4 is 5.69 Å². The lowest BCUT2D eigenvalue weighted by Gasteiger charge is -2.19. The number of benzene rings is 2. The van der Waals surface area contributed by atoms with E-state index in [2.05, 4.69) is 29.1 Å². The van der Waals surface area contributed by atoms with Crippen LogP contribution in [0, 0.1) is 0 Å². The van der Waals surface area contributed by atoms with Gasteiger partial charge >= 0.3 is 6.61 Å². The van der Waals surface area contributed by atoms with Crippen molar-refractivity contribution in [1.29, 1.82) is 0 Å². The molecule has 0 aliphatic heterocycles. The molecule has 112 valence electrons. The normalized spacial score (nSPS) is 12.2. The first-order valence-corrected chi connectivity index (χ1v) is 6.99. The van der Waals surface area contributed by atoms with Gasteiger partial charge in [0, 0.05) is 11.3 Å². The average molecular weight is 291 g/mol. The SMILES string of the molecule is CCc1ccc(NC(C)c2ccccc2OC(F)F)cc1. The summed E-state index contributed by atoms with van der Waals surface area (Å²) in [5.41, 5.74) is 2.92. The highest BCUT2D eigenvalue weighted by molar-refractivity contribution is 5.48. The van der Waals surface area contributed by atoms with Gasteiger partial charge in [-0.05, 0) is 37.1 Å². The lowest BCUT2D eigenvalue weighted by atomic mass is 10.1. The molecule has 0 aliphatic carbocycles. The molecule has 21 heavy (non-hydrogen) atoms. The number of anilines is 1. The molecule has 2 nitrogen and oxygen atoms in total. The minimum Gasteiger partial charge on any atom is -0.434 e. The van der Waals surface area contributed by atoms with Crippen molar-refractivity contribution in [3.05, 3.63) is 59.7 Å². The molecule has 1 N–H and O–H groups in total. The van der Waals surface area contributed by atoms with Crippen LogP contribution in [0.15, 0.2) is 48.5 Å². The number of hydrogen-bond donors (Lipinski definition) is 1. The van der Waals surface area contributed by atoms with E-state index in [9.17, 15) is 8.78 Å². The molecule has 1 atom stereocenters. The van der Waals surface area contributed by atoms with E-state index in [1.807, 2.05) is 25.1 Å². The van der Waals surface area contributed by atoms with E-state index in [0.717, 1.165) is 12.1 Å². The summed E-state index contributed by atoms with van der Waals surface area (Å²) in [7, 11) is 0. The monoisotopic (exact) mass is 291 g/mol. The lowest BCUT2D eigenvalue weighted by molar-refractivity contribution is -0.0505. The van der Waals surface area contributed by atoms with Crippen LogP contribution < -0.4 is 10.1 Å². The highest BCUT2D eigenvalue weighted by Gasteiger charge is 2.14. The van der Waals surface area contributed by atoms with Gasteiger partial charge in [-0.3, -0.25) is 0 Å². The second-order valence-electron chi connectivity index (χ2n) is 4.83. The summed E-state index contributed by atoms with van der Waals surface area (Å²) >= 11 is 0. The van der Waals surface area contributed by atoms with Crippen molar-refractivity contribution in [2.24, 2.45) is 0 Å². The van der Waals surface area contributed by atoms with E-state index in [0.29, 0.717) is 5.56 Å². The fraction of sp³-hybridized carbons (Fsp3) is 0.294. The number of ether oxygens (including phenoxy) is 1. The molecule has 0 saturated carbocycles. The van der Waals surface area contributed by atoms with Crippen LogP contribution in [-0.2, 0) is 6.42 Å². The van der Waals surface area contributed by atoms with Crippen LogP contribution in [0.1, 0.15) is 31.0 Å². The zero-order valence-corrected chi connectivity index (χ0v) is 12.1. The predicted molar refractivity (Wildman–Crippen MR) is 80.9 cm³/mol. The van der Waals surface area contributed by atoms with Gasteiger partial charge in [-0.15, -0.1) is 0 Å². The highest BCUT2D eigenvalue weighted by Crippen LogP contribution is 2.28. The standard InChI is InChI=1S/C17H19F2NO/c1-3-13-8-10-14(11-9-13)20-12(2)15-6-4-5-7-16(15)21-17(18)19/h4-12,17,20H,3H2,1-2H3. The predicted octanol–water partition coefficient (Wildman–Crippen LogP) is 5.02.